The first-order valence-corrected chi connectivity index (χ1v) is 5.62. The number of ether oxygens (including phenoxy) is 1. The maximum absolute atomic E-state index is 14.0. The van der Waals surface area contributed by atoms with E-state index in [9.17, 15) is 14.3 Å². The molecule has 0 spiro atoms. The molecule has 1 saturated heterocycles. The molecule has 9 heteroatoms. The highest BCUT2D eigenvalue weighted by molar-refractivity contribution is 5.68. The van der Waals surface area contributed by atoms with Gasteiger partial charge in [0.15, 0.2) is 23.6 Å². The molecule has 0 amide bonds. The van der Waals surface area contributed by atoms with E-state index >= 15 is 0 Å². The predicted molar refractivity (Wildman–Crippen MR) is 60.0 cm³/mol. The Morgan fingerprint density at radius 2 is 2.32 bits per heavy atom. The number of aromatic nitrogens is 4. The fraction of sp³-hybridized carbons (Fsp3) is 0.500. The third-order valence-electron chi connectivity index (χ3n) is 3.11. The predicted octanol–water partition coefficient (Wildman–Crippen LogP) is -1.29. The number of halogens is 1. The highest BCUT2D eigenvalue weighted by Crippen LogP contribution is 2.32. The summed E-state index contributed by atoms with van der Waals surface area (Å²) in [6.07, 6.45) is -2.97. The molecule has 0 saturated carbocycles. The van der Waals surface area contributed by atoms with Gasteiger partial charge in [0.25, 0.3) is 5.56 Å². The number of fused-ring (bicyclic) bond motifs is 1. The van der Waals surface area contributed by atoms with Gasteiger partial charge in [-0.3, -0.25) is 9.36 Å². The second kappa shape index (κ2) is 4.37. The molecular weight excluding hydrogens is 259 g/mol. The Kier molecular flexibility index (Phi) is 2.81. The van der Waals surface area contributed by atoms with Gasteiger partial charge in [-0.2, -0.15) is 0 Å². The van der Waals surface area contributed by atoms with Gasteiger partial charge in [0, 0.05) is 0 Å². The van der Waals surface area contributed by atoms with Gasteiger partial charge in [-0.25, -0.2) is 14.4 Å². The quantitative estimate of drug-likeness (QED) is 0.625. The van der Waals surface area contributed by atoms with Crippen molar-refractivity contribution in [2.24, 2.45) is 0 Å². The Hall–Kier alpha value is -1.84. The van der Waals surface area contributed by atoms with E-state index in [2.05, 4.69) is 15.0 Å². The van der Waals surface area contributed by atoms with Crippen LogP contribution in [0.4, 0.5) is 4.39 Å². The van der Waals surface area contributed by atoms with Gasteiger partial charge in [-0.1, -0.05) is 0 Å². The first-order valence-electron chi connectivity index (χ1n) is 5.62. The third kappa shape index (κ3) is 1.74. The molecule has 4 atom stereocenters. The number of alkyl halides is 1. The number of nitrogens with one attached hydrogen (secondary N) is 1. The molecule has 3 heterocycles. The number of imidazole rings is 1. The van der Waals surface area contributed by atoms with Crippen LogP contribution in [0, 0.1) is 0 Å². The minimum absolute atomic E-state index is 0.0558. The van der Waals surface area contributed by atoms with Crippen LogP contribution in [0.15, 0.2) is 17.4 Å². The zero-order valence-corrected chi connectivity index (χ0v) is 9.60. The summed E-state index contributed by atoms with van der Waals surface area (Å²) in [4.78, 5) is 21.6. The molecular formula is C10H11FN4O4. The summed E-state index contributed by atoms with van der Waals surface area (Å²) in [5.74, 6) is 0. The van der Waals surface area contributed by atoms with Crippen molar-refractivity contribution < 1.29 is 19.3 Å². The van der Waals surface area contributed by atoms with E-state index < -0.39 is 36.8 Å². The van der Waals surface area contributed by atoms with E-state index in [1.165, 1.54) is 17.2 Å². The maximum atomic E-state index is 14.0. The molecule has 0 aromatic carbocycles. The Bertz CT molecular complexity index is 656. The van der Waals surface area contributed by atoms with E-state index in [0.29, 0.717) is 0 Å². The van der Waals surface area contributed by atoms with Crippen molar-refractivity contribution in [2.45, 2.75) is 24.6 Å². The normalized spacial score (nSPS) is 31.1. The Morgan fingerprint density at radius 1 is 1.53 bits per heavy atom. The number of H-pyrrole nitrogens is 1. The molecule has 102 valence electrons. The summed E-state index contributed by atoms with van der Waals surface area (Å²) >= 11 is 0. The van der Waals surface area contributed by atoms with E-state index in [-0.39, 0.29) is 11.2 Å². The van der Waals surface area contributed by atoms with Gasteiger partial charge < -0.3 is 19.9 Å². The van der Waals surface area contributed by atoms with Crippen molar-refractivity contribution in [3.05, 3.63) is 23.0 Å². The topological polar surface area (TPSA) is 113 Å². The van der Waals surface area contributed by atoms with Crippen molar-refractivity contribution in [1.29, 1.82) is 0 Å². The standard InChI is InChI=1S/C10H11FN4O4/c11-5-7(17)4(1-16)19-10(5)15-3-14-6-8(15)12-2-13-9(6)18/h2-5,7,10,16-17H,1H2,(H,12,13,18)/t4-,5-,7-,10-/m1/s1. The van der Waals surface area contributed by atoms with Crippen LogP contribution in [0.3, 0.4) is 0 Å². The van der Waals surface area contributed by atoms with Crippen LogP contribution in [0.5, 0.6) is 0 Å². The molecule has 0 aliphatic carbocycles. The van der Waals surface area contributed by atoms with Crippen LogP contribution in [0.2, 0.25) is 0 Å². The van der Waals surface area contributed by atoms with Crippen LogP contribution >= 0.6 is 0 Å². The van der Waals surface area contributed by atoms with Gasteiger partial charge in [0.1, 0.15) is 12.2 Å². The lowest BCUT2D eigenvalue weighted by Crippen LogP contribution is -2.30. The molecule has 1 aliphatic rings. The van der Waals surface area contributed by atoms with Crippen LogP contribution in [-0.2, 0) is 4.74 Å². The molecule has 0 radical (unpaired) electrons. The molecule has 2 aromatic heterocycles. The van der Waals surface area contributed by atoms with E-state index in [4.69, 9.17) is 9.84 Å². The van der Waals surface area contributed by atoms with Gasteiger partial charge in [0.05, 0.1) is 19.3 Å². The van der Waals surface area contributed by atoms with Crippen molar-refractivity contribution in [3.63, 3.8) is 0 Å². The van der Waals surface area contributed by atoms with Crippen LogP contribution < -0.4 is 5.56 Å². The first-order chi connectivity index (χ1) is 9.13. The largest absolute Gasteiger partial charge is 0.394 e. The van der Waals surface area contributed by atoms with E-state index in [0.717, 1.165) is 0 Å². The van der Waals surface area contributed by atoms with Crippen molar-refractivity contribution >= 4 is 11.2 Å². The summed E-state index contributed by atoms with van der Waals surface area (Å²) in [6, 6.07) is 0. The molecule has 8 nitrogen and oxygen atoms in total. The van der Waals surface area contributed by atoms with Gasteiger partial charge in [0.2, 0.25) is 0 Å². The summed E-state index contributed by atoms with van der Waals surface area (Å²) in [6.45, 7) is -0.501. The zero-order valence-electron chi connectivity index (χ0n) is 9.60. The molecule has 3 rings (SSSR count). The lowest BCUT2D eigenvalue weighted by Gasteiger charge is -2.14. The second-order valence-corrected chi connectivity index (χ2v) is 4.24. The van der Waals surface area contributed by atoms with Crippen molar-refractivity contribution in [1.82, 2.24) is 19.5 Å². The number of aliphatic hydroxyl groups excluding tert-OH is 2. The van der Waals surface area contributed by atoms with E-state index in [1.807, 2.05) is 0 Å². The second-order valence-electron chi connectivity index (χ2n) is 4.24. The van der Waals surface area contributed by atoms with Crippen LogP contribution in [0.1, 0.15) is 6.23 Å². The Morgan fingerprint density at radius 3 is 3.00 bits per heavy atom. The van der Waals surface area contributed by atoms with Crippen molar-refractivity contribution in [3.8, 4) is 0 Å². The minimum atomic E-state index is -1.74. The average Bonchev–Trinajstić information content (AvgIpc) is 2.94. The fourth-order valence-corrected chi connectivity index (χ4v) is 2.13. The number of rotatable bonds is 2. The molecule has 19 heavy (non-hydrogen) atoms. The average molecular weight is 270 g/mol. The maximum Gasteiger partial charge on any atom is 0.278 e. The fourth-order valence-electron chi connectivity index (χ4n) is 2.13. The highest BCUT2D eigenvalue weighted by atomic mass is 19.1. The number of aliphatic hydroxyl groups is 2. The Labute approximate surface area is 105 Å². The number of hydrogen-bond donors (Lipinski definition) is 3. The smallest absolute Gasteiger partial charge is 0.278 e. The number of aromatic amines is 1. The SMILES string of the molecule is O=c1[nH]cnc2c1ncn2[C@@H]1O[C@H](CO)[C@@H](O)[C@H]1F. The lowest BCUT2D eigenvalue weighted by atomic mass is 10.1. The Balaban J connectivity index is 2.06. The van der Waals surface area contributed by atoms with Crippen LogP contribution in [0.25, 0.3) is 11.2 Å². The molecule has 0 bridgehead atoms. The third-order valence-corrected chi connectivity index (χ3v) is 3.11. The molecule has 1 aliphatic heterocycles. The summed E-state index contributed by atoms with van der Waals surface area (Å²) in [7, 11) is 0. The van der Waals surface area contributed by atoms with Gasteiger partial charge in [-0.05, 0) is 0 Å². The summed E-state index contributed by atoms with van der Waals surface area (Å²) in [5.41, 5.74) is -0.237. The van der Waals surface area contributed by atoms with Crippen LogP contribution in [-0.4, -0.2) is 54.7 Å². The minimum Gasteiger partial charge on any atom is -0.394 e. The lowest BCUT2D eigenvalue weighted by molar-refractivity contribution is -0.0459. The summed E-state index contributed by atoms with van der Waals surface area (Å²) in [5, 5.41) is 18.6. The molecule has 1 fully saturated rings. The monoisotopic (exact) mass is 270 g/mol. The van der Waals surface area contributed by atoms with Gasteiger partial charge >= 0.3 is 0 Å². The first kappa shape index (κ1) is 12.2. The number of nitrogens with zero attached hydrogens (tertiary/aromatic N) is 3. The van der Waals surface area contributed by atoms with Crippen molar-refractivity contribution in [2.75, 3.05) is 6.61 Å². The molecule has 2 aromatic rings. The number of hydrogen-bond acceptors (Lipinski definition) is 6. The molecule has 3 N–H and O–H groups in total. The highest BCUT2D eigenvalue weighted by Gasteiger charge is 2.45. The summed E-state index contributed by atoms with van der Waals surface area (Å²) < 4.78 is 20.4. The zero-order chi connectivity index (χ0) is 13.6. The van der Waals surface area contributed by atoms with E-state index in [1.54, 1.807) is 0 Å². The molecule has 0 unspecified atom stereocenters. The van der Waals surface area contributed by atoms with Gasteiger partial charge in [-0.15, -0.1) is 0 Å².